The van der Waals surface area contributed by atoms with Gasteiger partial charge in [0.15, 0.2) is 0 Å². The summed E-state index contributed by atoms with van der Waals surface area (Å²) in [6, 6.07) is 2.34. The molecule has 4 rings (SSSR count). The van der Waals surface area contributed by atoms with Crippen molar-refractivity contribution >= 4 is 32.6 Å². The topological polar surface area (TPSA) is 60.2 Å². The summed E-state index contributed by atoms with van der Waals surface area (Å²) in [7, 11) is 0. The Kier molecular flexibility index (Phi) is 3.60. The van der Waals surface area contributed by atoms with Crippen LogP contribution in [0, 0.1) is 0 Å². The molecule has 1 fully saturated rings. The van der Waals surface area contributed by atoms with E-state index in [2.05, 4.69) is 27.9 Å². The Bertz CT molecular complexity index is 802. The van der Waals surface area contributed by atoms with Gasteiger partial charge in [0.1, 0.15) is 11.3 Å². The second kappa shape index (κ2) is 5.61. The molecule has 1 N–H and O–H groups in total. The smallest absolute Gasteiger partial charge is 0.110 e. The summed E-state index contributed by atoms with van der Waals surface area (Å²) >= 11 is 1.72. The highest BCUT2D eigenvalue weighted by atomic mass is 32.1. The number of aromatic nitrogens is 3. The number of aliphatic hydroxyl groups excluding tert-OH is 1. The predicted molar refractivity (Wildman–Crippen MR) is 87.4 cm³/mol. The molecule has 0 aromatic carbocycles. The van der Waals surface area contributed by atoms with Crippen LogP contribution in [-0.2, 0) is 11.2 Å². The van der Waals surface area contributed by atoms with Crippen LogP contribution in [0.4, 0.5) is 0 Å². The van der Waals surface area contributed by atoms with Crippen LogP contribution in [0.15, 0.2) is 17.6 Å². The van der Waals surface area contributed by atoms with Crippen molar-refractivity contribution < 1.29 is 9.84 Å². The van der Waals surface area contributed by atoms with Crippen molar-refractivity contribution in [1.29, 1.82) is 0 Å². The van der Waals surface area contributed by atoms with Crippen LogP contribution in [0.1, 0.15) is 31.6 Å². The molecular formula is C16H19N3O2S. The number of nitrogens with zero attached hydrogens (tertiary/aromatic N) is 3. The van der Waals surface area contributed by atoms with Crippen molar-refractivity contribution in [3.05, 3.63) is 23.5 Å². The van der Waals surface area contributed by atoms with Crippen LogP contribution >= 0.6 is 11.3 Å². The standard InChI is InChI=1S/C16H19N3O2S/c1-2-14-18-13-7-17-12-5-6-22-16(12)15(13)19(14)10-3-4-11(8-20)21-9-10/h5-7,10-11,20H,2-4,8-9H2,1H3/t10-,11+/m0/s1. The number of rotatable bonds is 3. The second-order valence-corrected chi connectivity index (χ2v) is 6.66. The van der Waals surface area contributed by atoms with Crippen molar-refractivity contribution in [1.82, 2.24) is 14.5 Å². The fourth-order valence-electron chi connectivity index (χ4n) is 3.31. The van der Waals surface area contributed by atoms with Gasteiger partial charge in [0.25, 0.3) is 0 Å². The highest BCUT2D eigenvalue weighted by molar-refractivity contribution is 7.18. The zero-order valence-corrected chi connectivity index (χ0v) is 13.3. The van der Waals surface area contributed by atoms with Crippen molar-refractivity contribution in [2.45, 2.75) is 38.3 Å². The van der Waals surface area contributed by atoms with Crippen molar-refractivity contribution in [2.24, 2.45) is 0 Å². The van der Waals surface area contributed by atoms with Crippen LogP contribution in [0.25, 0.3) is 21.3 Å². The molecule has 2 atom stereocenters. The number of ether oxygens (including phenoxy) is 1. The Hall–Kier alpha value is -1.50. The lowest BCUT2D eigenvalue weighted by molar-refractivity contribution is -0.0386. The lowest BCUT2D eigenvalue weighted by Gasteiger charge is -2.30. The molecule has 0 saturated carbocycles. The number of imidazole rings is 1. The van der Waals surface area contributed by atoms with Gasteiger partial charge in [-0.25, -0.2) is 4.98 Å². The maximum Gasteiger partial charge on any atom is 0.110 e. The molecule has 5 nitrogen and oxygen atoms in total. The molecule has 0 unspecified atom stereocenters. The molecule has 0 radical (unpaired) electrons. The minimum absolute atomic E-state index is 0.0143. The first-order valence-corrected chi connectivity index (χ1v) is 8.65. The van der Waals surface area contributed by atoms with Gasteiger partial charge in [-0.3, -0.25) is 4.98 Å². The number of aryl methyl sites for hydroxylation is 1. The number of hydrogen-bond donors (Lipinski definition) is 1. The van der Waals surface area contributed by atoms with E-state index in [-0.39, 0.29) is 18.8 Å². The predicted octanol–water partition coefficient (Wildman–Crippen LogP) is 2.92. The molecular weight excluding hydrogens is 298 g/mol. The molecule has 22 heavy (non-hydrogen) atoms. The van der Waals surface area contributed by atoms with Gasteiger partial charge in [0, 0.05) is 6.42 Å². The zero-order chi connectivity index (χ0) is 15.1. The number of pyridine rings is 1. The molecule has 116 valence electrons. The summed E-state index contributed by atoms with van der Waals surface area (Å²) < 4.78 is 9.35. The van der Waals surface area contributed by atoms with Gasteiger partial charge in [-0.1, -0.05) is 6.92 Å². The van der Waals surface area contributed by atoms with Crippen LogP contribution in [0.2, 0.25) is 0 Å². The summed E-state index contributed by atoms with van der Waals surface area (Å²) in [6.45, 7) is 2.88. The molecule has 3 aromatic rings. The van der Waals surface area contributed by atoms with Crippen LogP contribution in [0.5, 0.6) is 0 Å². The summed E-state index contributed by atoms with van der Waals surface area (Å²) in [4.78, 5) is 9.28. The number of aliphatic hydroxyl groups is 1. The fraction of sp³-hybridized carbons (Fsp3) is 0.500. The minimum Gasteiger partial charge on any atom is -0.394 e. The number of thiophene rings is 1. The van der Waals surface area contributed by atoms with Gasteiger partial charge in [0.2, 0.25) is 0 Å². The Morgan fingerprint density at radius 2 is 2.32 bits per heavy atom. The third-order valence-electron chi connectivity index (χ3n) is 4.43. The Morgan fingerprint density at radius 3 is 3.05 bits per heavy atom. The number of fused-ring (bicyclic) bond motifs is 3. The summed E-state index contributed by atoms with van der Waals surface area (Å²) in [5.41, 5.74) is 3.19. The van der Waals surface area contributed by atoms with Gasteiger partial charge in [-0.05, 0) is 24.3 Å². The van der Waals surface area contributed by atoms with Crippen molar-refractivity contribution in [3.63, 3.8) is 0 Å². The van der Waals surface area contributed by atoms with E-state index >= 15 is 0 Å². The molecule has 0 spiro atoms. The Labute approximate surface area is 132 Å². The summed E-state index contributed by atoms with van der Waals surface area (Å²) in [6.07, 6.45) is 4.66. The highest BCUT2D eigenvalue weighted by Gasteiger charge is 2.26. The first-order chi connectivity index (χ1) is 10.8. The Balaban J connectivity index is 1.86. The monoisotopic (exact) mass is 317 g/mol. The maximum atomic E-state index is 9.24. The van der Waals surface area contributed by atoms with Gasteiger partial charge in [0.05, 0.1) is 47.3 Å². The molecule has 3 aromatic heterocycles. The lowest BCUT2D eigenvalue weighted by Crippen LogP contribution is -2.30. The van der Waals surface area contributed by atoms with Gasteiger partial charge >= 0.3 is 0 Å². The molecule has 1 aliphatic rings. The molecule has 4 heterocycles. The number of hydrogen-bond acceptors (Lipinski definition) is 5. The average Bonchev–Trinajstić information content (AvgIpc) is 3.18. The van der Waals surface area contributed by atoms with E-state index in [4.69, 9.17) is 9.72 Å². The average molecular weight is 317 g/mol. The largest absolute Gasteiger partial charge is 0.394 e. The van der Waals surface area contributed by atoms with E-state index in [1.165, 1.54) is 10.2 Å². The normalized spacial score (nSPS) is 22.6. The van der Waals surface area contributed by atoms with Crippen LogP contribution in [0.3, 0.4) is 0 Å². The van der Waals surface area contributed by atoms with Gasteiger partial charge in [-0.2, -0.15) is 0 Å². The molecule has 0 amide bonds. The van der Waals surface area contributed by atoms with Crippen LogP contribution in [-0.4, -0.2) is 39.0 Å². The molecule has 6 heteroatoms. The van der Waals surface area contributed by atoms with E-state index in [1.54, 1.807) is 11.3 Å². The molecule has 1 saturated heterocycles. The molecule has 1 aliphatic heterocycles. The van der Waals surface area contributed by atoms with Crippen molar-refractivity contribution in [3.8, 4) is 0 Å². The first kappa shape index (κ1) is 14.1. The first-order valence-electron chi connectivity index (χ1n) is 7.77. The minimum atomic E-state index is -0.0143. The van der Waals surface area contributed by atoms with E-state index in [0.29, 0.717) is 6.61 Å². The van der Waals surface area contributed by atoms with E-state index in [9.17, 15) is 5.11 Å². The van der Waals surface area contributed by atoms with Gasteiger partial charge < -0.3 is 14.4 Å². The quantitative estimate of drug-likeness (QED) is 0.807. The lowest BCUT2D eigenvalue weighted by atomic mass is 10.0. The SMILES string of the molecule is CCc1nc2cnc3ccsc3c2n1[C@H]1CC[C@H](CO)OC1. The molecule has 0 bridgehead atoms. The van der Waals surface area contributed by atoms with E-state index in [0.717, 1.165) is 36.1 Å². The van der Waals surface area contributed by atoms with E-state index < -0.39 is 0 Å². The maximum absolute atomic E-state index is 9.24. The molecule has 0 aliphatic carbocycles. The van der Waals surface area contributed by atoms with Crippen LogP contribution < -0.4 is 0 Å². The van der Waals surface area contributed by atoms with Gasteiger partial charge in [-0.15, -0.1) is 11.3 Å². The van der Waals surface area contributed by atoms with E-state index in [1.807, 2.05) is 6.20 Å². The van der Waals surface area contributed by atoms with Crippen molar-refractivity contribution in [2.75, 3.05) is 13.2 Å². The fourth-order valence-corrected chi connectivity index (χ4v) is 4.20. The summed E-state index contributed by atoms with van der Waals surface area (Å²) in [5, 5.41) is 11.3. The summed E-state index contributed by atoms with van der Waals surface area (Å²) in [5.74, 6) is 1.09. The third-order valence-corrected chi connectivity index (χ3v) is 5.34. The second-order valence-electron chi connectivity index (χ2n) is 5.75. The zero-order valence-electron chi connectivity index (χ0n) is 12.5. The third kappa shape index (κ3) is 2.14. The Morgan fingerprint density at radius 1 is 1.41 bits per heavy atom. The highest BCUT2D eigenvalue weighted by Crippen LogP contribution is 2.34.